The first kappa shape index (κ1) is 17.9. The highest BCUT2D eigenvalue weighted by atomic mass is 16.5. The molecule has 1 N–H and O–H groups in total. The second-order valence-corrected chi connectivity index (χ2v) is 5.93. The molecule has 8 nitrogen and oxygen atoms in total. The van der Waals surface area contributed by atoms with Gasteiger partial charge in [-0.15, -0.1) is 0 Å². The summed E-state index contributed by atoms with van der Waals surface area (Å²) in [7, 11) is 3.16. The van der Waals surface area contributed by atoms with Gasteiger partial charge in [0.1, 0.15) is 11.5 Å². The zero-order chi connectivity index (χ0) is 18.4. The number of anilines is 2. The van der Waals surface area contributed by atoms with Crippen LogP contribution < -0.4 is 19.7 Å². The first-order valence-electron chi connectivity index (χ1n) is 8.46. The number of ether oxygens (including phenoxy) is 2. The lowest BCUT2D eigenvalue weighted by atomic mass is 10.2. The van der Waals surface area contributed by atoms with Crippen LogP contribution in [0.4, 0.5) is 11.6 Å². The molecule has 0 unspecified atom stereocenters. The number of aromatic nitrogens is 2. The fourth-order valence-corrected chi connectivity index (χ4v) is 2.86. The Morgan fingerprint density at radius 1 is 1.12 bits per heavy atom. The van der Waals surface area contributed by atoms with Crippen LogP contribution in [-0.2, 0) is 4.79 Å². The van der Waals surface area contributed by atoms with Crippen molar-refractivity contribution in [1.82, 2.24) is 14.9 Å². The van der Waals surface area contributed by atoms with Gasteiger partial charge in [0.25, 0.3) is 0 Å². The van der Waals surface area contributed by atoms with Crippen LogP contribution in [0.5, 0.6) is 11.5 Å². The van der Waals surface area contributed by atoms with Gasteiger partial charge in [-0.3, -0.25) is 9.69 Å². The van der Waals surface area contributed by atoms with Gasteiger partial charge in [0.15, 0.2) is 0 Å². The van der Waals surface area contributed by atoms with Crippen LogP contribution in [0.1, 0.15) is 0 Å². The Kier molecular flexibility index (Phi) is 5.85. The van der Waals surface area contributed by atoms with Gasteiger partial charge in [0.05, 0.1) is 26.5 Å². The average Bonchev–Trinajstić information content (AvgIpc) is 2.69. The molecule has 0 bridgehead atoms. The Morgan fingerprint density at radius 2 is 1.85 bits per heavy atom. The van der Waals surface area contributed by atoms with E-state index >= 15 is 0 Å². The highest BCUT2D eigenvalue weighted by molar-refractivity contribution is 5.93. The number of methoxy groups -OCH3 is 2. The predicted octanol–water partition coefficient (Wildman–Crippen LogP) is 1.25. The minimum atomic E-state index is -0.0714. The van der Waals surface area contributed by atoms with Crippen LogP contribution in [0.25, 0.3) is 0 Å². The molecule has 1 fully saturated rings. The molecule has 1 aliphatic rings. The number of rotatable bonds is 6. The summed E-state index contributed by atoms with van der Waals surface area (Å²) in [5.74, 6) is 1.92. The van der Waals surface area contributed by atoms with Crippen molar-refractivity contribution >= 4 is 17.5 Å². The largest absolute Gasteiger partial charge is 0.497 e. The number of carbonyl (C=O) groups is 1. The number of nitrogens with zero attached hydrogens (tertiary/aromatic N) is 4. The molecule has 0 atom stereocenters. The minimum Gasteiger partial charge on any atom is -0.497 e. The number of piperazine rings is 1. The van der Waals surface area contributed by atoms with Crippen molar-refractivity contribution in [2.24, 2.45) is 0 Å². The van der Waals surface area contributed by atoms with Crippen molar-refractivity contribution in [2.45, 2.75) is 0 Å². The summed E-state index contributed by atoms with van der Waals surface area (Å²) < 4.78 is 10.5. The first-order valence-corrected chi connectivity index (χ1v) is 8.46. The normalized spacial score (nSPS) is 14.8. The van der Waals surface area contributed by atoms with Gasteiger partial charge in [-0.1, -0.05) is 0 Å². The van der Waals surface area contributed by atoms with Crippen LogP contribution in [0, 0.1) is 0 Å². The summed E-state index contributed by atoms with van der Waals surface area (Å²) in [5, 5.41) is 2.90. The van der Waals surface area contributed by atoms with Crippen LogP contribution in [0.2, 0.25) is 0 Å². The van der Waals surface area contributed by atoms with Gasteiger partial charge < -0.3 is 19.7 Å². The van der Waals surface area contributed by atoms with Crippen LogP contribution in [0.3, 0.4) is 0 Å². The molecule has 0 radical (unpaired) electrons. The molecule has 2 heterocycles. The van der Waals surface area contributed by atoms with E-state index < -0.39 is 0 Å². The van der Waals surface area contributed by atoms with E-state index in [-0.39, 0.29) is 5.91 Å². The van der Waals surface area contributed by atoms with E-state index in [1.54, 1.807) is 50.9 Å². The Bertz CT molecular complexity index is 733. The second-order valence-electron chi connectivity index (χ2n) is 5.93. The summed E-state index contributed by atoms with van der Waals surface area (Å²) in [6.45, 7) is 3.49. The third-order valence-electron chi connectivity index (χ3n) is 4.26. The zero-order valence-electron chi connectivity index (χ0n) is 15.0. The first-order chi connectivity index (χ1) is 12.7. The average molecular weight is 357 g/mol. The van der Waals surface area contributed by atoms with Crippen LogP contribution in [-0.4, -0.2) is 67.7 Å². The van der Waals surface area contributed by atoms with Gasteiger partial charge in [0.2, 0.25) is 11.9 Å². The summed E-state index contributed by atoms with van der Waals surface area (Å²) in [6.07, 6.45) is 3.48. The lowest BCUT2D eigenvalue weighted by Crippen LogP contribution is -2.49. The smallest absolute Gasteiger partial charge is 0.238 e. The second kappa shape index (κ2) is 8.48. The van der Waals surface area contributed by atoms with E-state index in [4.69, 9.17) is 9.47 Å². The number of hydrogen-bond acceptors (Lipinski definition) is 7. The molecule has 1 aliphatic heterocycles. The van der Waals surface area contributed by atoms with E-state index in [0.717, 1.165) is 32.1 Å². The molecule has 138 valence electrons. The number of nitrogens with one attached hydrogen (secondary N) is 1. The molecule has 1 aromatic carbocycles. The quantitative estimate of drug-likeness (QED) is 0.833. The summed E-state index contributed by atoms with van der Waals surface area (Å²) in [5.41, 5.74) is 0.634. The lowest BCUT2D eigenvalue weighted by molar-refractivity contribution is -0.117. The van der Waals surface area contributed by atoms with Crippen LogP contribution in [0.15, 0.2) is 36.7 Å². The molecule has 26 heavy (non-hydrogen) atoms. The molecule has 1 saturated heterocycles. The van der Waals surface area contributed by atoms with E-state index in [1.165, 1.54) is 0 Å². The third-order valence-corrected chi connectivity index (χ3v) is 4.26. The summed E-state index contributed by atoms with van der Waals surface area (Å²) in [6, 6.07) is 7.11. The Labute approximate surface area is 152 Å². The fraction of sp³-hybridized carbons (Fsp3) is 0.389. The maximum absolute atomic E-state index is 12.4. The molecular weight excluding hydrogens is 334 g/mol. The summed E-state index contributed by atoms with van der Waals surface area (Å²) >= 11 is 0. The van der Waals surface area contributed by atoms with Gasteiger partial charge in [0, 0.05) is 44.6 Å². The molecule has 1 amide bonds. The number of benzene rings is 1. The highest BCUT2D eigenvalue weighted by Gasteiger charge is 2.21. The SMILES string of the molecule is COc1ccc(NC(=O)CN2CCN(c3ncccn3)CC2)c(OC)c1. The third kappa shape index (κ3) is 4.40. The topological polar surface area (TPSA) is 79.8 Å². The van der Waals surface area contributed by atoms with E-state index in [2.05, 4.69) is 25.1 Å². The van der Waals surface area contributed by atoms with Gasteiger partial charge in [-0.2, -0.15) is 0 Å². The monoisotopic (exact) mass is 357 g/mol. The highest BCUT2D eigenvalue weighted by Crippen LogP contribution is 2.28. The molecular formula is C18H23N5O3. The standard InChI is InChI=1S/C18H23N5O3/c1-25-14-4-5-15(16(12-14)26-2)21-17(24)13-22-8-10-23(11-9-22)18-19-6-3-7-20-18/h3-7,12H,8-11,13H2,1-2H3,(H,21,24). The van der Waals surface area contributed by atoms with Gasteiger partial charge >= 0.3 is 0 Å². The zero-order valence-corrected chi connectivity index (χ0v) is 15.0. The van der Waals surface area contributed by atoms with E-state index in [9.17, 15) is 4.79 Å². The molecule has 3 rings (SSSR count). The maximum Gasteiger partial charge on any atom is 0.238 e. The molecule has 0 spiro atoms. The Hall–Kier alpha value is -2.87. The molecule has 0 saturated carbocycles. The van der Waals surface area contributed by atoms with E-state index in [1.807, 2.05) is 0 Å². The van der Waals surface area contributed by atoms with Crippen molar-refractivity contribution in [1.29, 1.82) is 0 Å². The predicted molar refractivity (Wildman–Crippen MR) is 98.9 cm³/mol. The maximum atomic E-state index is 12.4. The van der Waals surface area contributed by atoms with Crippen molar-refractivity contribution in [2.75, 3.05) is 57.2 Å². The van der Waals surface area contributed by atoms with Crippen molar-refractivity contribution in [3.05, 3.63) is 36.7 Å². The molecule has 2 aromatic rings. The van der Waals surface area contributed by atoms with Crippen molar-refractivity contribution < 1.29 is 14.3 Å². The van der Waals surface area contributed by atoms with Crippen molar-refractivity contribution in [3.63, 3.8) is 0 Å². The Balaban J connectivity index is 1.52. The van der Waals surface area contributed by atoms with Crippen molar-refractivity contribution in [3.8, 4) is 11.5 Å². The van der Waals surface area contributed by atoms with Gasteiger partial charge in [-0.25, -0.2) is 9.97 Å². The lowest BCUT2D eigenvalue weighted by Gasteiger charge is -2.34. The fourth-order valence-electron chi connectivity index (χ4n) is 2.86. The minimum absolute atomic E-state index is 0.0714. The summed E-state index contributed by atoms with van der Waals surface area (Å²) in [4.78, 5) is 25.2. The number of carbonyl (C=O) groups excluding carboxylic acids is 1. The van der Waals surface area contributed by atoms with E-state index in [0.29, 0.717) is 23.7 Å². The number of hydrogen-bond donors (Lipinski definition) is 1. The van der Waals surface area contributed by atoms with Gasteiger partial charge in [-0.05, 0) is 18.2 Å². The molecule has 0 aliphatic carbocycles. The molecule has 8 heteroatoms. The Morgan fingerprint density at radius 3 is 2.50 bits per heavy atom. The van der Waals surface area contributed by atoms with Crippen LogP contribution >= 0.6 is 0 Å². The molecule has 1 aromatic heterocycles. The number of amides is 1.